The number of ether oxygens (including phenoxy) is 1. The number of carbonyl (C=O) groups is 1. The smallest absolute Gasteiger partial charge is 0.311 e. The van der Waals surface area contributed by atoms with E-state index in [4.69, 9.17) is 4.74 Å². The van der Waals surface area contributed by atoms with E-state index in [0.717, 1.165) is 5.56 Å². The summed E-state index contributed by atoms with van der Waals surface area (Å²) < 4.78 is 19.5. The third-order valence-electron chi connectivity index (χ3n) is 4.12. The second kappa shape index (κ2) is 6.88. The molecule has 2 aromatic rings. The van der Waals surface area contributed by atoms with Crippen molar-refractivity contribution in [2.75, 3.05) is 18.1 Å². The number of amides is 1. The van der Waals surface area contributed by atoms with Crippen LogP contribution in [0.3, 0.4) is 0 Å². The number of hydrogen-bond acceptors (Lipinski definition) is 4. The van der Waals surface area contributed by atoms with E-state index in [1.807, 2.05) is 0 Å². The first-order valence-corrected chi connectivity index (χ1v) is 8.03. The van der Waals surface area contributed by atoms with Gasteiger partial charge in [0.25, 0.3) is 5.91 Å². The SMILES string of the molecule is CCOc1ccc(C(=O)N2CCCc3cccc(F)c32)cc1[N+](=O)[O-]. The number of benzene rings is 2. The number of rotatable bonds is 4. The van der Waals surface area contributed by atoms with Gasteiger partial charge in [-0.05, 0) is 43.5 Å². The van der Waals surface area contributed by atoms with Crippen molar-refractivity contribution in [1.29, 1.82) is 0 Å². The molecule has 2 aromatic carbocycles. The second-order valence-corrected chi connectivity index (χ2v) is 5.68. The Hall–Kier alpha value is -2.96. The number of nitro benzene ring substituents is 1. The summed E-state index contributed by atoms with van der Waals surface area (Å²) >= 11 is 0. The van der Waals surface area contributed by atoms with Crippen molar-refractivity contribution in [1.82, 2.24) is 0 Å². The Bertz CT molecular complexity index is 838. The Labute approximate surface area is 144 Å². The molecule has 7 heteroatoms. The minimum absolute atomic E-state index is 0.106. The minimum Gasteiger partial charge on any atom is -0.487 e. The summed E-state index contributed by atoms with van der Waals surface area (Å²) in [7, 11) is 0. The van der Waals surface area contributed by atoms with Crippen LogP contribution in [0.5, 0.6) is 5.75 Å². The second-order valence-electron chi connectivity index (χ2n) is 5.68. The van der Waals surface area contributed by atoms with Crippen LogP contribution >= 0.6 is 0 Å². The number of hydrogen-bond donors (Lipinski definition) is 0. The van der Waals surface area contributed by atoms with E-state index in [1.165, 1.54) is 29.2 Å². The monoisotopic (exact) mass is 344 g/mol. The molecule has 6 nitrogen and oxygen atoms in total. The van der Waals surface area contributed by atoms with Crippen molar-refractivity contribution in [3.63, 3.8) is 0 Å². The number of anilines is 1. The van der Waals surface area contributed by atoms with Gasteiger partial charge in [-0.2, -0.15) is 0 Å². The molecule has 0 spiro atoms. The molecule has 0 atom stereocenters. The Balaban J connectivity index is 2.00. The molecule has 0 aliphatic carbocycles. The minimum atomic E-state index is -0.591. The van der Waals surface area contributed by atoms with E-state index < -0.39 is 16.6 Å². The van der Waals surface area contributed by atoms with Gasteiger partial charge >= 0.3 is 5.69 Å². The maximum atomic E-state index is 14.2. The summed E-state index contributed by atoms with van der Waals surface area (Å²) in [6, 6.07) is 8.77. The van der Waals surface area contributed by atoms with Crippen LogP contribution in [-0.4, -0.2) is 24.0 Å². The molecular formula is C18H17FN2O4. The molecule has 1 heterocycles. The van der Waals surface area contributed by atoms with Gasteiger partial charge in [-0.1, -0.05) is 12.1 Å². The molecule has 0 saturated carbocycles. The fourth-order valence-electron chi connectivity index (χ4n) is 3.03. The van der Waals surface area contributed by atoms with E-state index in [1.54, 1.807) is 19.1 Å². The third-order valence-corrected chi connectivity index (χ3v) is 4.12. The van der Waals surface area contributed by atoms with Crippen molar-refractivity contribution < 1.29 is 18.8 Å². The Morgan fingerprint density at radius 1 is 1.36 bits per heavy atom. The lowest BCUT2D eigenvalue weighted by atomic mass is 10.00. The summed E-state index contributed by atoms with van der Waals surface area (Å²) in [5, 5.41) is 11.2. The zero-order valence-electron chi connectivity index (χ0n) is 13.7. The first-order chi connectivity index (χ1) is 12.0. The Morgan fingerprint density at radius 2 is 2.16 bits per heavy atom. The molecule has 0 N–H and O–H groups in total. The van der Waals surface area contributed by atoms with Gasteiger partial charge < -0.3 is 9.64 Å². The van der Waals surface area contributed by atoms with Gasteiger partial charge in [0.05, 0.1) is 17.2 Å². The lowest BCUT2D eigenvalue weighted by molar-refractivity contribution is -0.385. The fourth-order valence-corrected chi connectivity index (χ4v) is 3.03. The molecule has 0 saturated heterocycles. The summed E-state index contributed by atoms with van der Waals surface area (Å²) in [5.74, 6) is -0.822. The van der Waals surface area contributed by atoms with Crippen LogP contribution in [-0.2, 0) is 6.42 Å². The maximum Gasteiger partial charge on any atom is 0.311 e. The standard InChI is InChI=1S/C18H17FN2O4/c1-2-25-16-9-8-13(11-15(16)21(23)24)18(22)20-10-4-6-12-5-3-7-14(19)17(12)20/h3,5,7-9,11H,2,4,6,10H2,1H3. The van der Waals surface area contributed by atoms with Gasteiger partial charge in [0.2, 0.25) is 0 Å². The molecule has 1 aliphatic heterocycles. The number of carbonyl (C=O) groups excluding carboxylic acids is 1. The van der Waals surface area contributed by atoms with Crippen LogP contribution < -0.4 is 9.64 Å². The molecule has 25 heavy (non-hydrogen) atoms. The molecule has 3 rings (SSSR count). The van der Waals surface area contributed by atoms with Gasteiger partial charge in [0, 0.05) is 18.2 Å². The molecule has 1 aliphatic rings. The fraction of sp³-hybridized carbons (Fsp3) is 0.278. The van der Waals surface area contributed by atoms with Crippen molar-refractivity contribution >= 4 is 17.3 Å². The molecule has 130 valence electrons. The van der Waals surface area contributed by atoms with E-state index in [2.05, 4.69) is 0 Å². The van der Waals surface area contributed by atoms with Crippen molar-refractivity contribution in [2.24, 2.45) is 0 Å². The number of halogens is 1. The molecule has 0 radical (unpaired) electrons. The topological polar surface area (TPSA) is 72.7 Å². The van der Waals surface area contributed by atoms with Crippen LogP contribution in [0.2, 0.25) is 0 Å². The van der Waals surface area contributed by atoms with Crippen LogP contribution in [0, 0.1) is 15.9 Å². The Kier molecular flexibility index (Phi) is 4.65. The van der Waals surface area contributed by atoms with Crippen molar-refractivity contribution in [3.8, 4) is 5.75 Å². The van der Waals surface area contributed by atoms with Crippen LogP contribution in [0.25, 0.3) is 0 Å². The number of fused-ring (bicyclic) bond motifs is 1. The average Bonchev–Trinajstić information content (AvgIpc) is 2.61. The quantitative estimate of drug-likeness (QED) is 0.626. The van der Waals surface area contributed by atoms with E-state index in [9.17, 15) is 19.3 Å². The summed E-state index contributed by atoms with van der Waals surface area (Å²) in [5.41, 5.74) is 0.875. The molecular weight excluding hydrogens is 327 g/mol. The highest BCUT2D eigenvalue weighted by atomic mass is 19.1. The molecule has 1 amide bonds. The molecule has 0 fully saturated rings. The predicted molar refractivity (Wildman–Crippen MR) is 90.7 cm³/mol. The largest absolute Gasteiger partial charge is 0.487 e. The van der Waals surface area contributed by atoms with Crippen molar-refractivity contribution in [3.05, 3.63) is 63.5 Å². The van der Waals surface area contributed by atoms with Crippen molar-refractivity contribution in [2.45, 2.75) is 19.8 Å². The lowest BCUT2D eigenvalue weighted by Crippen LogP contribution is -2.36. The predicted octanol–water partition coefficient (Wildman–Crippen LogP) is 3.73. The maximum absolute atomic E-state index is 14.2. The highest BCUT2D eigenvalue weighted by molar-refractivity contribution is 6.07. The normalized spacial score (nSPS) is 13.3. The highest BCUT2D eigenvalue weighted by Crippen LogP contribution is 2.33. The van der Waals surface area contributed by atoms with E-state index in [-0.39, 0.29) is 29.3 Å². The van der Waals surface area contributed by atoms with Crippen LogP contribution in [0.4, 0.5) is 15.8 Å². The first kappa shape index (κ1) is 16.9. The third kappa shape index (κ3) is 3.17. The number of aryl methyl sites for hydroxylation is 1. The molecule has 0 unspecified atom stereocenters. The van der Waals surface area contributed by atoms with Gasteiger partial charge in [-0.25, -0.2) is 4.39 Å². The average molecular weight is 344 g/mol. The van der Waals surface area contributed by atoms with E-state index >= 15 is 0 Å². The lowest BCUT2D eigenvalue weighted by Gasteiger charge is -2.29. The van der Waals surface area contributed by atoms with Gasteiger partial charge in [0.15, 0.2) is 5.75 Å². The zero-order valence-corrected chi connectivity index (χ0v) is 13.7. The number of nitrogens with zero attached hydrogens (tertiary/aromatic N) is 2. The van der Waals surface area contributed by atoms with Gasteiger partial charge in [0.1, 0.15) is 5.82 Å². The van der Waals surface area contributed by atoms with Crippen LogP contribution in [0.15, 0.2) is 36.4 Å². The molecule has 0 aromatic heterocycles. The molecule has 0 bridgehead atoms. The zero-order chi connectivity index (χ0) is 18.0. The van der Waals surface area contributed by atoms with E-state index in [0.29, 0.717) is 19.4 Å². The van der Waals surface area contributed by atoms with Crippen LogP contribution in [0.1, 0.15) is 29.3 Å². The number of nitro groups is 1. The summed E-state index contributed by atoms with van der Waals surface area (Å²) in [4.78, 5) is 24.9. The number of para-hydroxylation sites is 1. The van der Waals surface area contributed by atoms with Gasteiger partial charge in [-0.15, -0.1) is 0 Å². The summed E-state index contributed by atoms with van der Waals surface area (Å²) in [6.45, 7) is 2.36. The first-order valence-electron chi connectivity index (χ1n) is 8.03. The summed E-state index contributed by atoms with van der Waals surface area (Å²) in [6.07, 6.45) is 1.40. The Morgan fingerprint density at radius 3 is 2.88 bits per heavy atom. The van der Waals surface area contributed by atoms with Gasteiger partial charge in [-0.3, -0.25) is 14.9 Å². The highest BCUT2D eigenvalue weighted by Gasteiger charge is 2.28.